The van der Waals surface area contributed by atoms with Crippen molar-refractivity contribution >= 4 is 23.1 Å². The number of halogens is 1. The van der Waals surface area contributed by atoms with Crippen molar-refractivity contribution in [2.75, 3.05) is 24.7 Å². The molecular formula is C14H17ClN4O. The lowest BCUT2D eigenvalue weighted by atomic mass is 10.2. The molecule has 2 aromatic rings. The van der Waals surface area contributed by atoms with Crippen molar-refractivity contribution < 1.29 is 4.74 Å². The molecule has 0 aliphatic carbocycles. The van der Waals surface area contributed by atoms with E-state index in [2.05, 4.69) is 20.6 Å². The zero-order valence-electron chi connectivity index (χ0n) is 11.9. The molecule has 2 aromatic heterocycles. The van der Waals surface area contributed by atoms with Crippen molar-refractivity contribution in [2.45, 2.75) is 13.8 Å². The second-order valence-corrected chi connectivity index (χ2v) is 4.77. The van der Waals surface area contributed by atoms with Crippen molar-refractivity contribution in [3.63, 3.8) is 0 Å². The summed E-state index contributed by atoms with van der Waals surface area (Å²) in [4.78, 5) is 8.59. The Morgan fingerprint density at radius 3 is 2.50 bits per heavy atom. The molecule has 0 atom stereocenters. The van der Waals surface area contributed by atoms with Gasteiger partial charge in [0.25, 0.3) is 0 Å². The zero-order valence-corrected chi connectivity index (χ0v) is 12.7. The molecule has 0 unspecified atom stereocenters. The van der Waals surface area contributed by atoms with Gasteiger partial charge in [-0.1, -0.05) is 11.6 Å². The van der Waals surface area contributed by atoms with E-state index < -0.39 is 0 Å². The van der Waals surface area contributed by atoms with Crippen LogP contribution < -0.4 is 15.4 Å². The number of hydrogen-bond donors (Lipinski definition) is 2. The predicted molar refractivity (Wildman–Crippen MR) is 82.1 cm³/mol. The van der Waals surface area contributed by atoms with Gasteiger partial charge < -0.3 is 15.4 Å². The monoisotopic (exact) mass is 292 g/mol. The number of anilines is 2. The SMILES string of the molecule is CNc1nc(Oc2cnc(C)cc2C)cc(Cl)c1NC. The Hall–Kier alpha value is -2.01. The van der Waals surface area contributed by atoms with E-state index in [1.165, 1.54) is 0 Å². The van der Waals surface area contributed by atoms with E-state index in [9.17, 15) is 0 Å². The van der Waals surface area contributed by atoms with Gasteiger partial charge in [0.05, 0.1) is 16.9 Å². The van der Waals surface area contributed by atoms with Crippen LogP contribution in [-0.4, -0.2) is 24.1 Å². The molecule has 20 heavy (non-hydrogen) atoms. The van der Waals surface area contributed by atoms with Crippen LogP contribution in [0.1, 0.15) is 11.3 Å². The minimum absolute atomic E-state index is 0.423. The van der Waals surface area contributed by atoms with Gasteiger partial charge in [-0.15, -0.1) is 0 Å². The molecule has 5 nitrogen and oxygen atoms in total. The number of nitrogens with one attached hydrogen (secondary N) is 2. The van der Waals surface area contributed by atoms with Crippen LogP contribution in [0.15, 0.2) is 18.3 Å². The van der Waals surface area contributed by atoms with Crippen molar-refractivity contribution in [3.05, 3.63) is 34.6 Å². The first-order valence-electron chi connectivity index (χ1n) is 6.22. The number of aryl methyl sites for hydroxylation is 2. The smallest absolute Gasteiger partial charge is 0.222 e. The topological polar surface area (TPSA) is 59.1 Å². The van der Waals surface area contributed by atoms with Gasteiger partial charge >= 0.3 is 0 Å². The van der Waals surface area contributed by atoms with Crippen LogP contribution in [0.2, 0.25) is 5.02 Å². The fourth-order valence-corrected chi connectivity index (χ4v) is 2.14. The van der Waals surface area contributed by atoms with E-state index >= 15 is 0 Å². The van der Waals surface area contributed by atoms with Gasteiger partial charge in [-0.05, 0) is 25.5 Å². The Labute approximate surface area is 123 Å². The van der Waals surface area contributed by atoms with Crippen molar-refractivity contribution in [2.24, 2.45) is 0 Å². The van der Waals surface area contributed by atoms with E-state index in [0.717, 1.165) is 16.9 Å². The highest BCUT2D eigenvalue weighted by atomic mass is 35.5. The summed E-state index contributed by atoms with van der Waals surface area (Å²) in [6.07, 6.45) is 1.69. The summed E-state index contributed by atoms with van der Waals surface area (Å²) in [5, 5.41) is 6.52. The average molecular weight is 293 g/mol. The minimum atomic E-state index is 0.423. The van der Waals surface area contributed by atoms with E-state index in [1.807, 2.05) is 19.9 Å². The Bertz CT molecular complexity index is 631. The van der Waals surface area contributed by atoms with Gasteiger partial charge in [-0.3, -0.25) is 4.98 Å². The number of rotatable bonds is 4. The Balaban J connectivity index is 2.36. The molecule has 0 amide bonds. The standard InChI is InChI=1S/C14H17ClN4O/c1-8-5-9(2)18-7-11(8)20-12-6-10(15)13(16-3)14(17-4)19-12/h5-7,16H,1-4H3,(H,17,19). The molecule has 0 radical (unpaired) electrons. The Kier molecular flexibility index (Phi) is 4.29. The summed E-state index contributed by atoms with van der Waals surface area (Å²) in [6.45, 7) is 3.90. The number of pyridine rings is 2. The van der Waals surface area contributed by atoms with Gasteiger partial charge in [-0.25, -0.2) is 0 Å². The highest BCUT2D eigenvalue weighted by molar-refractivity contribution is 6.34. The molecule has 0 bridgehead atoms. The lowest BCUT2D eigenvalue weighted by molar-refractivity contribution is 0.458. The van der Waals surface area contributed by atoms with E-state index in [-0.39, 0.29) is 0 Å². The maximum atomic E-state index is 6.21. The van der Waals surface area contributed by atoms with Gasteiger partial charge in [0.2, 0.25) is 5.88 Å². The van der Waals surface area contributed by atoms with Crippen LogP contribution >= 0.6 is 11.6 Å². The maximum absolute atomic E-state index is 6.21. The fourth-order valence-electron chi connectivity index (χ4n) is 1.87. The molecule has 0 aliphatic rings. The molecule has 0 aliphatic heterocycles. The number of nitrogens with zero attached hydrogens (tertiary/aromatic N) is 2. The Morgan fingerprint density at radius 1 is 1.15 bits per heavy atom. The van der Waals surface area contributed by atoms with Gasteiger partial charge in [0.1, 0.15) is 0 Å². The first-order chi connectivity index (χ1) is 9.55. The average Bonchev–Trinajstić information content (AvgIpc) is 2.41. The third-order valence-corrected chi connectivity index (χ3v) is 3.15. The number of aromatic nitrogens is 2. The molecular weight excluding hydrogens is 276 g/mol. The largest absolute Gasteiger partial charge is 0.437 e. The predicted octanol–water partition coefficient (Wildman–Crippen LogP) is 3.62. The van der Waals surface area contributed by atoms with Gasteiger partial charge in [-0.2, -0.15) is 4.98 Å². The van der Waals surface area contributed by atoms with Gasteiger partial charge in [0.15, 0.2) is 11.6 Å². The first-order valence-corrected chi connectivity index (χ1v) is 6.60. The molecule has 106 valence electrons. The molecule has 2 rings (SSSR count). The van der Waals surface area contributed by atoms with E-state index in [0.29, 0.717) is 22.5 Å². The highest BCUT2D eigenvalue weighted by Gasteiger charge is 2.11. The summed E-state index contributed by atoms with van der Waals surface area (Å²) >= 11 is 6.21. The third kappa shape index (κ3) is 2.93. The van der Waals surface area contributed by atoms with Gasteiger partial charge in [0, 0.05) is 25.9 Å². The molecule has 0 aromatic carbocycles. The highest BCUT2D eigenvalue weighted by Crippen LogP contribution is 2.33. The van der Waals surface area contributed by atoms with Crippen LogP contribution in [0.25, 0.3) is 0 Å². The van der Waals surface area contributed by atoms with Crippen molar-refractivity contribution in [1.29, 1.82) is 0 Å². The zero-order chi connectivity index (χ0) is 14.7. The van der Waals surface area contributed by atoms with Crippen LogP contribution in [0.3, 0.4) is 0 Å². The summed E-state index contributed by atoms with van der Waals surface area (Å²) < 4.78 is 5.76. The second kappa shape index (κ2) is 5.96. The Morgan fingerprint density at radius 2 is 1.90 bits per heavy atom. The molecule has 0 fully saturated rings. The summed E-state index contributed by atoms with van der Waals surface area (Å²) in [5.74, 6) is 1.72. The first kappa shape index (κ1) is 14.4. The van der Waals surface area contributed by atoms with Crippen molar-refractivity contribution in [1.82, 2.24) is 9.97 Å². The van der Waals surface area contributed by atoms with E-state index in [1.54, 1.807) is 26.4 Å². The lowest BCUT2D eigenvalue weighted by Crippen LogP contribution is -2.02. The van der Waals surface area contributed by atoms with Crippen LogP contribution in [0.5, 0.6) is 11.6 Å². The van der Waals surface area contributed by atoms with E-state index in [4.69, 9.17) is 16.3 Å². The maximum Gasteiger partial charge on any atom is 0.222 e. The number of hydrogen-bond acceptors (Lipinski definition) is 5. The van der Waals surface area contributed by atoms with Crippen LogP contribution in [0.4, 0.5) is 11.5 Å². The quantitative estimate of drug-likeness (QED) is 0.901. The molecule has 0 saturated heterocycles. The minimum Gasteiger partial charge on any atom is -0.437 e. The summed E-state index contributed by atoms with van der Waals surface area (Å²) in [7, 11) is 3.57. The molecule has 2 N–H and O–H groups in total. The molecule has 0 saturated carbocycles. The molecule has 6 heteroatoms. The van der Waals surface area contributed by atoms with Crippen LogP contribution in [0, 0.1) is 13.8 Å². The summed E-state index contributed by atoms with van der Waals surface area (Å²) in [5.41, 5.74) is 2.68. The normalized spacial score (nSPS) is 10.2. The van der Waals surface area contributed by atoms with Crippen LogP contribution in [-0.2, 0) is 0 Å². The third-order valence-electron chi connectivity index (χ3n) is 2.85. The molecule has 0 spiro atoms. The lowest BCUT2D eigenvalue weighted by Gasteiger charge is -2.13. The summed E-state index contributed by atoms with van der Waals surface area (Å²) in [6, 6.07) is 3.63. The number of ether oxygens (including phenoxy) is 1. The second-order valence-electron chi connectivity index (χ2n) is 4.36. The molecule has 2 heterocycles. The fraction of sp³-hybridized carbons (Fsp3) is 0.286. The van der Waals surface area contributed by atoms with Crippen molar-refractivity contribution in [3.8, 4) is 11.6 Å².